The summed E-state index contributed by atoms with van der Waals surface area (Å²) in [4.78, 5) is 21.4. The standard InChI is InChI=1S/C11H14ClN3O2/c12-9-3-1-4-10(7-9)15-11(17)14-6-2-5-13-8-16/h1,3-4,7-8H,2,5-6H2,(H,13,16)(H2,14,15,17). The van der Waals surface area contributed by atoms with Gasteiger partial charge < -0.3 is 16.0 Å². The lowest BCUT2D eigenvalue weighted by molar-refractivity contribution is -0.109. The molecule has 5 nitrogen and oxygen atoms in total. The molecule has 92 valence electrons. The maximum absolute atomic E-state index is 11.4. The van der Waals surface area contributed by atoms with Crippen LogP contribution in [0.4, 0.5) is 10.5 Å². The molecule has 3 amide bonds. The van der Waals surface area contributed by atoms with Gasteiger partial charge in [-0.15, -0.1) is 0 Å². The van der Waals surface area contributed by atoms with E-state index >= 15 is 0 Å². The zero-order chi connectivity index (χ0) is 12.5. The first-order valence-electron chi connectivity index (χ1n) is 5.20. The summed E-state index contributed by atoms with van der Waals surface area (Å²) in [6.45, 7) is 1.04. The third kappa shape index (κ3) is 5.77. The molecule has 0 radical (unpaired) electrons. The first kappa shape index (κ1) is 13.3. The maximum Gasteiger partial charge on any atom is 0.319 e. The predicted molar refractivity (Wildman–Crippen MR) is 67.2 cm³/mol. The van der Waals surface area contributed by atoms with Crippen molar-refractivity contribution in [1.82, 2.24) is 10.6 Å². The Kier molecular flexibility index (Phi) is 5.88. The molecular formula is C11H14ClN3O2. The Bertz CT molecular complexity index is 385. The first-order chi connectivity index (χ1) is 8.22. The molecule has 0 aliphatic carbocycles. The molecule has 0 aromatic heterocycles. The number of amides is 3. The molecule has 0 aliphatic heterocycles. The van der Waals surface area contributed by atoms with Gasteiger partial charge in [0, 0.05) is 23.8 Å². The lowest BCUT2D eigenvalue weighted by atomic mass is 10.3. The molecule has 0 fully saturated rings. The highest BCUT2D eigenvalue weighted by atomic mass is 35.5. The van der Waals surface area contributed by atoms with Crippen molar-refractivity contribution >= 4 is 29.7 Å². The van der Waals surface area contributed by atoms with Crippen LogP contribution in [0.1, 0.15) is 6.42 Å². The van der Waals surface area contributed by atoms with Gasteiger partial charge in [-0.05, 0) is 24.6 Å². The third-order valence-corrected chi connectivity index (χ3v) is 2.18. The zero-order valence-corrected chi connectivity index (χ0v) is 9.96. The maximum atomic E-state index is 11.4. The number of hydrogen-bond acceptors (Lipinski definition) is 2. The average Bonchev–Trinajstić information content (AvgIpc) is 2.29. The van der Waals surface area contributed by atoms with Crippen LogP contribution in [0.15, 0.2) is 24.3 Å². The van der Waals surface area contributed by atoms with E-state index in [1.807, 2.05) is 0 Å². The predicted octanol–water partition coefficient (Wildman–Crippen LogP) is 1.60. The normalized spacial score (nSPS) is 9.47. The van der Waals surface area contributed by atoms with Gasteiger partial charge in [-0.1, -0.05) is 17.7 Å². The second kappa shape index (κ2) is 7.51. The minimum Gasteiger partial charge on any atom is -0.359 e. The monoisotopic (exact) mass is 255 g/mol. The molecule has 0 aliphatic rings. The van der Waals surface area contributed by atoms with Gasteiger partial charge in [0.15, 0.2) is 0 Å². The van der Waals surface area contributed by atoms with E-state index in [9.17, 15) is 9.59 Å². The van der Waals surface area contributed by atoms with E-state index in [-0.39, 0.29) is 6.03 Å². The molecule has 6 heteroatoms. The van der Waals surface area contributed by atoms with E-state index < -0.39 is 0 Å². The molecule has 0 spiro atoms. The van der Waals surface area contributed by atoms with Crippen molar-refractivity contribution < 1.29 is 9.59 Å². The minimum atomic E-state index is -0.293. The van der Waals surface area contributed by atoms with Gasteiger partial charge in [-0.3, -0.25) is 4.79 Å². The van der Waals surface area contributed by atoms with Gasteiger partial charge in [0.05, 0.1) is 0 Å². The second-order valence-corrected chi connectivity index (χ2v) is 3.75. The van der Waals surface area contributed by atoms with Crippen LogP contribution in [0.5, 0.6) is 0 Å². The molecule has 1 rings (SSSR count). The van der Waals surface area contributed by atoms with Gasteiger partial charge in [0.1, 0.15) is 0 Å². The number of carbonyl (C=O) groups excluding carboxylic acids is 2. The number of halogens is 1. The first-order valence-corrected chi connectivity index (χ1v) is 5.57. The van der Waals surface area contributed by atoms with Crippen molar-refractivity contribution in [3.8, 4) is 0 Å². The summed E-state index contributed by atoms with van der Waals surface area (Å²) in [5.74, 6) is 0. The van der Waals surface area contributed by atoms with Crippen LogP contribution < -0.4 is 16.0 Å². The number of benzene rings is 1. The molecule has 3 N–H and O–H groups in total. The summed E-state index contributed by atoms with van der Waals surface area (Å²) in [5.41, 5.74) is 0.640. The van der Waals surface area contributed by atoms with Gasteiger partial charge in [0.2, 0.25) is 6.41 Å². The number of hydrogen-bond donors (Lipinski definition) is 3. The topological polar surface area (TPSA) is 70.2 Å². The lowest BCUT2D eigenvalue weighted by Gasteiger charge is -2.07. The lowest BCUT2D eigenvalue weighted by Crippen LogP contribution is -2.31. The van der Waals surface area contributed by atoms with E-state index in [0.29, 0.717) is 36.6 Å². The van der Waals surface area contributed by atoms with Crippen LogP contribution in [-0.2, 0) is 4.79 Å². The zero-order valence-electron chi connectivity index (χ0n) is 9.20. The SMILES string of the molecule is O=CNCCCNC(=O)Nc1cccc(Cl)c1. The van der Waals surface area contributed by atoms with Crippen LogP contribution in [0, 0.1) is 0 Å². The average molecular weight is 256 g/mol. The van der Waals surface area contributed by atoms with Crippen LogP contribution in [0.25, 0.3) is 0 Å². The highest BCUT2D eigenvalue weighted by Gasteiger charge is 2.00. The Morgan fingerprint density at radius 1 is 1.35 bits per heavy atom. The molecule has 0 heterocycles. The number of nitrogens with one attached hydrogen (secondary N) is 3. The van der Waals surface area contributed by atoms with Gasteiger partial charge >= 0.3 is 6.03 Å². The van der Waals surface area contributed by atoms with Crippen molar-refractivity contribution in [3.05, 3.63) is 29.3 Å². The summed E-state index contributed by atoms with van der Waals surface area (Å²) in [5, 5.41) is 8.39. The Morgan fingerprint density at radius 3 is 2.88 bits per heavy atom. The molecular weight excluding hydrogens is 242 g/mol. The molecule has 1 aromatic carbocycles. The molecule has 17 heavy (non-hydrogen) atoms. The fraction of sp³-hybridized carbons (Fsp3) is 0.273. The summed E-state index contributed by atoms with van der Waals surface area (Å²) < 4.78 is 0. The molecule has 0 atom stereocenters. The van der Waals surface area contributed by atoms with Crippen LogP contribution >= 0.6 is 11.6 Å². The highest BCUT2D eigenvalue weighted by molar-refractivity contribution is 6.30. The van der Waals surface area contributed by atoms with Crippen molar-refractivity contribution in [1.29, 1.82) is 0 Å². The molecule has 0 saturated carbocycles. The number of urea groups is 1. The van der Waals surface area contributed by atoms with E-state index in [0.717, 1.165) is 0 Å². The molecule has 0 unspecified atom stereocenters. The van der Waals surface area contributed by atoms with E-state index in [4.69, 9.17) is 11.6 Å². The Balaban J connectivity index is 2.23. The van der Waals surface area contributed by atoms with Crippen molar-refractivity contribution in [3.63, 3.8) is 0 Å². The summed E-state index contributed by atoms with van der Waals surface area (Å²) in [7, 11) is 0. The van der Waals surface area contributed by atoms with E-state index in [1.54, 1.807) is 24.3 Å². The largest absolute Gasteiger partial charge is 0.359 e. The number of carbonyl (C=O) groups is 2. The fourth-order valence-electron chi connectivity index (χ4n) is 1.19. The Labute approximate surface area is 105 Å². The molecule has 0 bridgehead atoms. The van der Waals surface area contributed by atoms with Gasteiger partial charge in [0.25, 0.3) is 0 Å². The van der Waals surface area contributed by atoms with Crippen LogP contribution in [0.3, 0.4) is 0 Å². The fourth-order valence-corrected chi connectivity index (χ4v) is 1.38. The van der Waals surface area contributed by atoms with Crippen LogP contribution in [-0.4, -0.2) is 25.5 Å². The smallest absolute Gasteiger partial charge is 0.319 e. The molecule has 1 aromatic rings. The highest BCUT2D eigenvalue weighted by Crippen LogP contribution is 2.14. The summed E-state index contributed by atoms with van der Waals surface area (Å²) in [6.07, 6.45) is 1.31. The van der Waals surface area contributed by atoms with Crippen molar-refractivity contribution in [2.45, 2.75) is 6.42 Å². The Morgan fingerprint density at radius 2 is 2.18 bits per heavy atom. The van der Waals surface area contributed by atoms with Crippen LogP contribution in [0.2, 0.25) is 5.02 Å². The summed E-state index contributed by atoms with van der Waals surface area (Å²) >= 11 is 5.78. The van der Waals surface area contributed by atoms with Gasteiger partial charge in [-0.25, -0.2) is 4.79 Å². The van der Waals surface area contributed by atoms with Crippen molar-refractivity contribution in [2.24, 2.45) is 0 Å². The van der Waals surface area contributed by atoms with E-state index in [1.165, 1.54) is 0 Å². The third-order valence-electron chi connectivity index (χ3n) is 1.95. The quantitative estimate of drug-likeness (QED) is 0.534. The van der Waals surface area contributed by atoms with E-state index in [2.05, 4.69) is 16.0 Å². The molecule has 0 saturated heterocycles. The van der Waals surface area contributed by atoms with Gasteiger partial charge in [-0.2, -0.15) is 0 Å². The van der Waals surface area contributed by atoms with Crippen molar-refractivity contribution in [2.75, 3.05) is 18.4 Å². The summed E-state index contributed by atoms with van der Waals surface area (Å²) in [6, 6.07) is 6.61. The number of anilines is 1. The number of rotatable bonds is 6. The second-order valence-electron chi connectivity index (χ2n) is 3.32. The minimum absolute atomic E-state index is 0.293. The Hall–Kier alpha value is -1.75.